The van der Waals surface area contributed by atoms with Crippen molar-refractivity contribution in [3.8, 4) is 10.6 Å². The molecule has 2 aliphatic rings. The van der Waals surface area contributed by atoms with E-state index in [1.165, 1.54) is 20.9 Å². The molecule has 9 heteroatoms. The zero-order valence-corrected chi connectivity index (χ0v) is 20.1. The number of fused-ring (bicyclic) bond motifs is 2. The van der Waals surface area contributed by atoms with Gasteiger partial charge in [0.15, 0.2) is 0 Å². The van der Waals surface area contributed by atoms with Gasteiger partial charge in [0.1, 0.15) is 11.9 Å². The number of benzene rings is 1. The number of aryl methyl sites for hydroxylation is 3. The summed E-state index contributed by atoms with van der Waals surface area (Å²) < 4.78 is 9.08. The smallest absolute Gasteiger partial charge is 0.414 e. The van der Waals surface area contributed by atoms with E-state index >= 15 is 0 Å². The molecule has 2 aliphatic heterocycles. The van der Waals surface area contributed by atoms with Crippen molar-refractivity contribution in [2.75, 3.05) is 20.1 Å². The summed E-state index contributed by atoms with van der Waals surface area (Å²) in [6.07, 6.45) is 5.64. The highest BCUT2D eigenvalue weighted by molar-refractivity contribution is 7.15. The van der Waals surface area contributed by atoms with Crippen LogP contribution in [0.1, 0.15) is 40.8 Å². The number of ether oxygens (including phenoxy) is 1. The largest absolute Gasteiger partial charge is 0.473 e. The summed E-state index contributed by atoms with van der Waals surface area (Å²) in [6, 6.07) is 13.1. The first-order chi connectivity index (χ1) is 16.3. The van der Waals surface area contributed by atoms with Gasteiger partial charge in [-0.15, -0.1) is 11.3 Å². The van der Waals surface area contributed by atoms with Gasteiger partial charge in [-0.05, 0) is 56.5 Å². The number of imidazole rings is 1. The van der Waals surface area contributed by atoms with E-state index in [4.69, 9.17) is 29.5 Å². The van der Waals surface area contributed by atoms with Gasteiger partial charge in [-0.25, -0.2) is 14.6 Å². The standard InChI is InChI=1S/C23H27N3OS.C2H2O4/c1-16-7-8-21(28-16)20-15-26-14-9-17-5-3-4-6-19(17)22(23(26)24-20)27-18-10-12-25(2)13-11-18;3-1(4)2(5)6/h3-8,15,18,22H,9-14H2,1-2H3;(H,3,4)(H,5,6). The number of likely N-dealkylation sites (tertiary alicyclic amines) is 1. The van der Waals surface area contributed by atoms with Crippen molar-refractivity contribution in [2.45, 2.75) is 44.9 Å². The van der Waals surface area contributed by atoms with E-state index in [0.29, 0.717) is 6.10 Å². The van der Waals surface area contributed by atoms with E-state index in [1.54, 1.807) is 0 Å². The van der Waals surface area contributed by atoms with Gasteiger partial charge >= 0.3 is 11.9 Å². The minimum atomic E-state index is -1.82. The van der Waals surface area contributed by atoms with Crippen LogP contribution in [0.3, 0.4) is 0 Å². The van der Waals surface area contributed by atoms with Crippen LogP contribution >= 0.6 is 11.3 Å². The Labute approximate surface area is 202 Å². The van der Waals surface area contributed by atoms with Gasteiger partial charge in [0.2, 0.25) is 0 Å². The second-order valence-corrected chi connectivity index (χ2v) is 9.95. The van der Waals surface area contributed by atoms with Crippen LogP contribution in [0.15, 0.2) is 42.6 Å². The van der Waals surface area contributed by atoms with E-state index < -0.39 is 11.9 Å². The van der Waals surface area contributed by atoms with Crippen molar-refractivity contribution in [1.29, 1.82) is 0 Å². The van der Waals surface area contributed by atoms with Gasteiger partial charge in [0.25, 0.3) is 0 Å². The molecule has 5 rings (SSSR count). The Morgan fingerprint density at radius 3 is 2.41 bits per heavy atom. The average Bonchev–Trinajstić information content (AvgIpc) is 3.41. The first kappa shape index (κ1) is 24.1. The van der Waals surface area contributed by atoms with Gasteiger partial charge in [-0.1, -0.05) is 24.3 Å². The third-order valence-electron chi connectivity index (χ3n) is 6.17. The molecule has 180 valence electrons. The zero-order chi connectivity index (χ0) is 24.2. The SMILES string of the molecule is Cc1ccc(-c2cn3c(n2)C(OC2CCN(C)CC2)c2ccccc2CC3)s1.O=C(O)C(=O)O. The second kappa shape index (κ2) is 10.5. The maximum Gasteiger partial charge on any atom is 0.414 e. The lowest BCUT2D eigenvalue weighted by molar-refractivity contribution is -0.159. The average molecular weight is 484 g/mol. The highest BCUT2D eigenvalue weighted by Gasteiger charge is 2.30. The third kappa shape index (κ3) is 5.55. The van der Waals surface area contributed by atoms with Gasteiger partial charge < -0.3 is 24.4 Å². The molecule has 1 unspecified atom stereocenters. The first-order valence-corrected chi connectivity index (χ1v) is 12.2. The molecule has 0 spiro atoms. The number of carboxylic acid groups (broad SMARTS) is 2. The van der Waals surface area contributed by atoms with Gasteiger partial charge in [-0.3, -0.25) is 0 Å². The lowest BCUT2D eigenvalue weighted by Crippen LogP contribution is -2.35. The third-order valence-corrected chi connectivity index (χ3v) is 7.19. The molecule has 0 aliphatic carbocycles. The number of thiophene rings is 1. The lowest BCUT2D eigenvalue weighted by Gasteiger charge is -2.32. The number of aromatic nitrogens is 2. The number of aliphatic carboxylic acids is 2. The molecule has 1 atom stereocenters. The minimum Gasteiger partial charge on any atom is -0.473 e. The maximum atomic E-state index is 9.10. The zero-order valence-electron chi connectivity index (χ0n) is 19.3. The quantitative estimate of drug-likeness (QED) is 0.546. The molecule has 4 heterocycles. The summed E-state index contributed by atoms with van der Waals surface area (Å²) in [6.45, 7) is 5.31. The van der Waals surface area contributed by atoms with E-state index in [0.717, 1.165) is 50.4 Å². The number of rotatable bonds is 3. The summed E-state index contributed by atoms with van der Waals surface area (Å²) in [5.74, 6) is -2.59. The number of carboxylic acids is 2. The first-order valence-electron chi connectivity index (χ1n) is 11.3. The van der Waals surface area contributed by atoms with Gasteiger partial charge in [-0.2, -0.15) is 0 Å². The van der Waals surface area contributed by atoms with Crippen LogP contribution < -0.4 is 0 Å². The van der Waals surface area contributed by atoms with Crippen molar-refractivity contribution >= 4 is 23.3 Å². The molecule has 0 radical (unpaired) electrons. The molecule has 2 N–H and O–H groups in total. The van der Waals surface area contributed by atoms with E-state index in [9.17, 15) is 0 Å². The Bertz CT molecular complexity index is 1150. The number of hydrogen-bond acceptors (Lipinski definition) is 6. The van der Waals surface area contributed by atoms with Crippen LogP contribution in [-0.4, -0.2) is 62.8 Å². The van der Waals surface area contributed by atoms with E-state index in [2.05, 4.69) is 66.0 Å². The molecule has 0 amide bonds. The molecule has 0 saturated carbocycles. The number of piperidine rings is 1. The Morgan fingerprint density at radius 2 is 1.76 bits per heavy atom. The number of hydrogen-bond donors (Lipinski definition) is 2. The molecule has 2 aromatic heterocycles. The van der Waals surface area contributed by atoms with Crippen LogP contribution in [0.25, 0.3) is 10.6 Å². The monoisotopic (exact) mass is 483 g/mol. The summed E-state index contributed by atoms with van der Waals surface area (Å²) in [4.78, 5) is 28.2. The van der Waals surface area contributed by atoms with Crippen molar-refractivity contribution < 1.29 is 24.5 Å². The van der Waals surface area contributed by atoms with Crippen LogP contribution in [0.5, 0.6) is 0 Å². The topological polar surface area (TPSA) is 105 Å². The normalized spacial score (nSPS) is 18.2. The van der Waals surface area contributed by atoms with Crippen LogP contribution in [0.2, 0.25) is 0 Å². The fourth-order valence-electron chi connectivity index (χ4n) is 4.35. The van der Waals surface area contributed by atoms with Gasteiger partial charge in [0.05, 0.1) is 16.7 Å². The Kier molecular flexibility index (Phi) is 7.45. The number of carbonyl (C=O) groups is 2. The molecule has 1 aromatic carbocycles. The summed E-state index contributed by atoms with van der Waals surface area (Å²) >= 11 is 1.81. The van der Waals surface area contributed by atoms with Crippen molar-refractivity contribution in [2.24, 2.45) is 0 Å². The Hall–Kier alpha value is -3.01. The van der Waals surface area contributed by atoms with E-state index in [1.807, 2.05) is 11.3 Å². The minimum absolute atomic E-state index is 0.0816. The van der Waals surface area contributed by atoms with Crippen molar-refractivity contribution in [1.82, 2.24) is 14.5 Å². The predicted octanol–water partition coefficient (Wildman–Crippen LogP) is 3.83. The highest BCUT2D eigenvalue weighted by Crippen LogP contribution is 2.36. The fourth-order valence-corrected chi connectivity index (χ4v) is 5.18. The summed E-state index contributed by atoms with van der Waals surface area (Å²) in [5, 5.41) is 14.8. The molecule has 3 aromatic rings. The molecule has 0 bridgehead atoms. The second-order valence-electron chi connectivity index (χ2n) is 8.67. The molecule has 1 fully saturated rings. The fraction of sp³-hybridized carbons (Fsp3) is 0.400. The molecule has 8 nitrogen and oxygen atoms in total. The molecular formula is C25H29N3O5S. The number of nitrogens with zero attached hydrogens (tertiary/aromatic N) is 3. The predicted molar refractivity (Wildman–Crippen MR) is 129 cm³/mol. The molecule has 34 heavy (non-hydrogen) atoms. The van der Waals surface area contributed by atoms with Crippen LogP contribution in [0.4, 0.5) is 0 Å². The molecule has 1 saturated heterocycles. The Balaban J connectivity index is 0.000000408. The summed E-state index contributed by atoms with van der Waals surface area (Å²) in [7, 11) is 2.19. The van der Waals surface area contributed by atoms with Crippen molar-refractivity contribution in [3.63, 3.8) is 0 Å². The van der Waals surface area contributed by atoms with Crippen LogP contribution in [0, 0.1) is 6.92 Å². The van der Waals surface area contributed by atoms with Gasteiger partial charge in [0, 0.05) is 30.7 Å². The van der Waals surface area contributed by atoms with E-state index in [-0.39, 0.29) is 6.10 Å². The highest BCUT2D eigenvalue weighted by atomic mass is 32.1. The lowest BCUT2D eigenvalue weighted by atomic mass is 10.00. The maximum absolute atomic E-state index is 9.10. The van der Waals surface area contributed by atoms with Crippen molar-refractivity contribution in [3.05, 3.63) is 64.4 Å². The molecular weight excluding hydrogens is 454 g/mol. The van der Waals surface area contributed by atoms with Crippen LogP contribution in [-0.2, 0) is 27.3 Å². The summed E-state index contributed by atoms with van der Waals surface area (Å²) in [5.41, 5.74) is 3.75. The Morgan fingerprint density at radius 1 is 1.06 bits per heavy atom.